The van der Waals surface area contributed by atoms with E-state index >= 15 is 0 Å². The molecular formula is C24H25F3N6O3. The molecule has 2 aliphatic rings. The van der Waals surface area contributed by atoms with Crippen molar-refractivity contribution in [1.29, 1.82) is 0 Å². The Labute approximate surface area is 204 Å². The summed E-state index contributed by atoms with van der Waals surface area (Å²) in [6, 6.07) is 8.30. The fourth-order valence-corrected chi connectivity index (χ4v) is 4.71. The summed E-state index contributed by atoms with van der Waals surface area (Å²) < 4.78 is 44.1. The molecule has 190 valence electrons. The number of carbonyl (C=O) groups is 1. The van der Waals surface area contributed by atoms with Gasteiger partial charge in [-0.05, 0) is 43.9 Å². The van der Waals surface area contributed by atoms with Crippen LogP contribution in [0.4, 0.5) is 19.1 Å². The second-order valence-corrected chi connectivity index (χ2v) is 9.32. The molecule has 2 N–H and O–H groups in total. The number of nitrogens with one attached hydrogen (secondary N) is 1. The molecule has 36 heavy (non-hydrogen) atoms. The number of pyridine rings is 1. The number of halogens is 3. The normalized spacial score (nSPS) is 24.8. The second-order valence-electron chi connectivity index (χ2n) is 9.32. The molecule has 0 unspecified atom stereocenters. The number of nitrogens with zero attached hydrogens (tertiary/aromatic N) is 5. The summed E-state index contributed by atoms with van der Waals surface area (Å²) in [7, 11) is 1.61. The van der Waals surface area contributed by atoms with E-state index in [-0.39, 0.29) is 31.1 Å². The van der Waals surface area contributed by atoms with Gasteiger partial charge >= 0.3 is 6.18 Å². The van der Waals surface area contributed by atoms with Gasteiger partial charge in [-0.1, -0.05) is 11.2 Å². The molecule has 4 heterocycles. The predicted octanol–water partition coefficient (Wildman–Crippen LogP) is 3.78. The molecule has 0 aromatic carbocycles. The van der Waals surface area contributed by atoms with Gasteiger partial charge in [0.05, 0.1) is 23.0 Å². The Morgan fingerprint density at radius 2 is 1.78 bits per heavy atom. The lowest BCUT2D eigenvalue weighted by Crippen LogP contribution is -2.35. The lowest BCUT2D eigenvalue weighted by molar-refractivity contribution is -0.182. The zero-order valence-electron chi connectivity index (χ0n) is 19.5. The molecule has 12 heteroatoms. The number of anilines is 1. The smallest absolute Gasteiger partial charge is 0.373 e. The summed E-state index contributed by atoms with van der Waals surface area (Å²) in [6.45, 7) is 0.410. The summed E-state index contributed by atoms with van der Waals surface area (Å²) in [5, 5.41) is 17.9. The van der Waals surface area contributed by atoms with Gasteiger partial charge in [0.1, 0.15) is 5.69 Å². The molecule has 2 fully saturated rings. The number of hydrogen-bond acceptors (Lipinski definition) is 8. The number of likely N-dealkylation sites (N-methyl/N-ethyl adjacent to an activating group) is 1. The van der Waals surface area contributed by atoms with E-state index in [1.165, 1.54) is 11.0 Å². The van der Waals surface area contributed by atoms with E-state index in [1.54, 1.807) is 37.5 Å². The van der Waals surface area contributed by atoms with Crippen LogP contribution in [-0.2, 0) is 10.4 Å². The molecule has 1 amide bonds. The number of rotatable bonds is 5. The molecule has 0 radical (unpaired) electrons. The van der Waals surface area contributed by atoms with Crippen molar-refractivity contribution in [2.24, 2.45) is 5.92 Å². The number of aliphatic hydroxyl groups is 1. The fraction of sp³-hybridized carbons (Fsp3) is 0.458. The average molecular weight is 502 g/mol. The van der Waals surface area contributed by atoms with Crippen molar-refractivity contribution in [3.05, 3.63) is 42.3 Å². The molecule has 1 aliphatic heterocycles. The van der Waals surface area contributed by atoms with Crippen molar-refractivity contribution in [3.63, 3.8) is 0 Å². The molecule has 1 saturated carbocycles. The Kier molecular flexibility index (Phi) is 6.15. The van der Waals surface area contributed by atoms with Gasteiger partial charge in [0.15, 0.2) is 5.76 Å². The van der Waals surface area contributed by atoms with Crippen molar-refractivity contribution in [3.8, 4) is 22.8 Å². The third-order valence-electron chi connectivity index (χ3n) is 6.88. The van der Waals surface area contributed by atoms with Crippen LogP contribution < -0.4 is 5.32 Å². The van der Waals surface area contributed by atoms with E-state index in [1.807, 2.05) is 0 Å². The number of hydrogen-bond donors (Lipinski definition) is 2. The SMILES string of the molecule is CN1CC[C@@](O)(c2cc(-c3cccc(-c4ccnc(NC5CCC(C(F)(F)F)CC5)n4)n3)no2)C1=O. The zero-order valence-corrected chi connectivity index (χ0v) is 19.5. The van der Waals surface area contributed by atoms with Gasteiger partial charge in [0.2, 0.25) is 11.5 Å². The largest absolute Gasteiger partial charge is 0.391 e. The lowest BCUT2D eigenvalue weighted by atomic mass is 9.86. The number of aromatic nitrogens is 4. The number of amides is 1. The summed E-state index contributed by atoms with van der Waals surface area (Å²) in [6.07, 6.45) is -1.42. The highest BCUT2D eigenvalue weighted by molar-refractivity contribution is 5.87. The highest BCUT2D eigenvalue weighted by Crippen LogP contribution is 2.38. The van der Waals surface area contributed by atoms with E-state index < -0.39 is 23.6 Å². The summed E-state index contributed by atoms with van der Waals surface area (Å²) in [5.41, 5.74) is 0.122. The third-order valence-corrected chi connectivity index (χ3v) is 6.88. The molecule has 1 aliphatic carbocycles. The Balaban J connectivity index is 1.31. The van der Waals surface area contributed by atoms with Gasteiger partial charge in [-0.15, -0.1) is 0 Å². The Morgan fingerprint density at radius 3 is 2.44 bits per heavy atom. The summed E-state index contributed by atoms with van der Waals surface area (Å²) in [4.78, 5) is 27.1. The fourth-order valence-electron chi connectivity index (χ4n) is 4.71. The van der Waals surface area contributed by atoms with Crippen LogP contribution in [0.25, 0.3) is 22.8 Å². The van der Waals surface area contributed by atoms with Gasteiger partial charge in [-0.25, -0.2) is 15.0 Å². The first-order valence-electron chi connectivity index (χ1n) is 11.7. The minimum atomic E-state index is -4.15. The molecule has 0 bridgehead atoms. The van der Waals surface area contributed by atoms with Crippen LogP contribution in [0.3, 0.4) is 0 Å². The van der Waals surface area contributed by atoms with Crippen LogP contribution in [-0.4, -0.2) is 61.8 Å². The van der Waals surface area contributed by atoms with Gasteiger partial charge < -0.3 is 19.8 Å². The summed E-state index contributed by atoms with van der Waals surface area (Å²) in [5.74, 6) is -1.31. The molecule has 1 saturated heterocycles. The Morgan fingerprint density at radius 1 is 1.08 bits per heavy atom. The van der Waals surface area contributed by atoms with Crippen molar-refractivity contribution in [2.45, 2.75) is 49.9 Å². The lowest BCUT2D eigenvalue weighted by Gasteiger charge is -2.30. The van der Waals surface area contributed by atoms with Crippen LogP contribution in [0.15, 0.2) is 41.1 Å². The molecule has 0 spiro atoms. The van der Waals surface area contributed by atoms with Crippen LogP contribution in [0, 0.1) is 5.92 Å². The monoisotopic (exact) mass is 502 g/mol. The number of carbonyl (C=O) groups excluding carboxylic acids is 1. The second kappa shape index (κ2) is 9.16. The van der Waals surface area contributed by atoms with E-state index in [2.05, 4.69) is 25.4 Å². The Hall–Kier alpha value is -3.54. The van der Waals surface area contributed by atoms with Crippen molar-refractivity contribution in [1.82, 2.24) is 25.0 Å². The van der Waals surface area contributed by atoms with Gasteiger partial charge in [-0.3, -0.25) is 4.79 Å². The summed E-state index contributed by atoms with van der Waals surface area (Å²) >= 11 is 0. The van der Waals surface area contributed by atoms with Crippen LogP contribution in [0.5, 0.6) is 0 Å². The highest BCUT2D eigenvalue weighted by atomic mass is 19.4. The first-order chi connectivity index (χ1) is 17.1. The highest BCUT2D eigenvalue weighted by Gasteiger charge is 2.48. The van der Waals surface area contributed by atoms with Gasteiger partial charge in [0.25, 0.3) is 5.91 Å². The van der Waals surface area contributed by atoms with Crippen molar-refractivity contribution < 1.29 is 27.6 Å². The van der Waals surface area contributed by atoms with Crippen LogP contribution in [0.1, 0.15) is 37.9 Å². The minimum absolute atomic E-state index is 0.0628. The van der Waals surface area contributed by atoms with Crippen molar-refractivity contribution >= 4 is 11.9 Å². The quantitative estimate of drug-likeness (QED) is 0.542. The van der Waals surface area contributed by atoms with Gasteiger partial charge in [-0.2, -0.15) is 13.2 Å². The Bertz CT molecular complexity index is 1260. The average Bonchev–Trinajstić information content (AvgIpc) is 3.47. The molecule has 5 rings (SSSR count). The maximum absolute atomic E-state index is 12.9. The first kappa shape index (κ1) is 24.2. The topological polar surface area (TPSA) is 117 Å². The maximum Gasteiger partial charge on any atom is 0.391 e. The third kappa shape index (κ3) is 4.64. The van der Waals surface area contributed by atoms with E-state index in [0.717, 1.165) is 0 Å². The van der Waals surface area contributed by atoms with E-state index in [4.69, 9.17) is 4.52 Å². The predicted molar refractivity (Wildman–Crippen MR) is 122 cm³/mol. The number of likely N-dealkylation sites (tertiary alicyclic amines) is 1. The maximum atomic E-state index is 12.9. The van der Waals surface area contributed by atoms with E-state index in [9.17, 15) is 23.1 Å². The first-order valence-corrected chi connectivity index (χ1v) is 11.7. The minimum Gasteiger partial charge on any atom is -0.373 e. The van der Waals surface area contributed by atoms with Crippen LogP contribution in [0.2, 0.25) is 0 Å². The van der Waals surface area contributed by atoms with Crippen LogP contribution >= 0.6 is 0 Å². The molecule has 3 aromatic heterocycles. The van der Waals surface area contributed by atoms with Crippen molar-refractivity contribution in [2.75, 3.05) is 18.9 Å². The van der Waals surface area contributed by atoms with E-state index in [0.29, 0.717) is 48.1 Å². The zero-order chi connectivity index (χ0) is 25.5. The molecule has 9 nitrogen and oxygen atoms in total. The van der Waals surface area contributed by atoms with Gasteiger partial charge in [0, 0.05) is 38.3 Å². The molecular weight excluding hydrogens is 477 g/mol. The standard InChI is InChI=1S/C24H25F3N6O3/c1-33-12-10-23(35,21(33)34)20-13-19(32-36-20)17-4-2-3-16(30-17)18-9-11-28-22(31-18)29-15-7-5-14(6-8-15)24(25,26)27/h2-4,9,11,13-15,35H,5-8,10,12H2,1H3,(H,28,29,31)/t14?,15?,23-/m1/s1. The molecule has 3 aromatic rings. The molecule has 1 atom stereocenters. The number of alkyl halides is 3.